The second-order valence-electron chi connectivity index (χ2n) is 31.0. The zero-order valence-electron chi connectivity index (χ0n) is 74.5. The van der Waals surface area contributed by atoms with Gasteiger partial charge in [0.25, 0.3) is 23.6 Å². The Balaban J connectivity index is 0.000000163. The van der Waals surface area contributed by atoms with Crippen molar-refractivity contribution >= 4 is 174 Å². The van der Waals surface area contributed by atoms with Crippen molar-refractivity contribution in [2.24, 2.45) is 4.99 Å². The minimum atomic E-state index is -0.484. The number of likely N-dealkylation sites (N-methyl/N-ethyl adjacent to an activating group) is 1. The number of carbonyl (C=O) groups excluding carboxylic acids is 8. The molecule has 698 valence electrons. The first-order valence-corrected chi connectivity index (χ1v) is 45.2. The molecule has 0 bridgehead atoms. The zero-order valence-corrected chi connectivity index (χ0v) is 79.8. The van der Waals surface area contributed by atoms with Gasteiger partial charge in [-0.1, -0.05) is 184 Å². The van der Waals surface area contributed by atoms with E-state index in [4.69, 9.17) is 121 Å². The quantitative estimate of drug-likeness (QED) is 0.0136. The molecular weight excluding hydrogens is 1880 g/mol. The van der Waals surface area contributed by atoms with Crippen LogP contribution in [0.2, 0.25) is 35.2 Å². The van der Waals surface area contributed by atoms with Crippen LogP contribution in [0.1, 0.15) is 154 Å². The molecule has 0 unspecified atom stereocenters. The van der Waals surface area contributed by atoms with Gasteiger partial charge in [0.05, 0.1) is 68.3 Å². The number of Topliss-reactive ketones (excluding diaryl/α,β-unsaturated/α-hetero) is 4. The van der Waals surface area contributed by atoms with Crippen molar-refractivity contribution in [3.05, 3.63) is 349 Å². The van der Waals surface area contributed by atoms with E-state index in [2.05, 4.69) is 56.0 Å². The molecule has 0 atom stereocenters. The van der Waals surface area contributed by atoms with Crippen LogP contribution >= 0.6 is 81.2 Å². The molecule has 0 spiro atoms. The van der Waals surface area contributed by atoms with Gasteiger partial charge in [0.15, 0.2) is 23.1 Å². The first-order chi connectivity index (χ1) is 65.4. The van der Waals surface area contributed by atoms with Crippen LogP contribution in [0.3, 0.4) is 0 Å². The first kappa shape index (κ1) is 101. The number of rotatable bonds is 28. The number of aliphatic imine (C=N–C) groups is 1. The third-order valence-corrected chi connectivity index (χ3v) is 23.4. The lowest BCUT2D eigenvalue weighted by Crippen LogP contribution is -2.40. The summed E-state index contributed by atoms with van der Waals surface area (Å²) < 4.78 is 27.1. The molecule has 15 rings (SSSR count). The summed E-state index contributed by atoms with van der Waals surface area (Å²) in [5.41, 5.74) is 8.30. The van der Waals surface area contributed by atoms with Crippen LogP contribution in [0.15, 0.2) is 230 Å². The molecule has 3 aliphatic heterocycles. The standard InChI is InChI=1S/C27H26Cl2N4O3.C26H24Cl2N4O4.C25H22Cl2N4O3.C23H20ClN3O3/c1-36-24-14-20(29)13-22(27(35)32-25-10-9-19(28)16-31-25)21(24)15-23(34)17-5-7-18(8-6-17)26(30)33-11-3-2-4-12-33;1-35-23-13-19(28)12-21(26(34)31-24-7-6-18(27)15-30-24)20(23)14-22(33)16-2-4-17(5-3-16)25(29)32-8-10-36-11-9-32;1-31-10-9-28-24(31)16-5-3-15(4-6-16)21(32)13-19-20(11-18(27)12-22(19)34-2)25(33)30-23-8-7-17(26)14-29-23;1-14(25)15-6-8-16(9-7-15)20(28)12-19-18(4-3-5-21(19)30-2)23(29)27-22-11-10-17(24)13-26-22/h5-10,13-14,16,30H,2-4,11-12,15H2,1H3,(H,31,32,35);2-7,12-13,15,29H,8-11,14H2,1H3,(H,30,31,34);3-8,11-12,14H,9-10,13H2,1-2H3,(H,29,30,33);3-11,13,25H,12H2,1-2H3,(H,26,27,29). The number of hydrogen-bond acceptors (Lipinski definition) is 22. The van der Waals surface area contributed by atoms with Crippen LogP contribution < -0.4 is 40.2 Å². The lowest BCUT2D eigenvalue weighted by Gasteiger charge is -2.29. The lowest BCUT2D eigenvalue weighted by molar-refractivity contribution is 0.0680. The maximum absolute atomic E-state index is 13.2. The summed E-state index contributed by atoms with van der Waals surface area (Å²) >= 11 is 42.1. The number of likely N-dealkylation sites (tertiary alicyclic amines) is 1. The third kappa shape index (κ3) is 27.3. The smallest absolute Gasteiger partial charge is 0.257 e. The molecule has 12 aromatic rings. The second kappa shape index (κ2) is 48.4. The Kier molecular flexibility index (Phi) is 36.0. The highest BCUT2D eigenvalue weighted by atomic mass is 35.5. The maximum atomic E-state index is 13.2. The number of ketones is 4. The minimum absolute atomic E-state index is 0.0102. The van der Waals surface area contributed by atoms with Crippen molar-refractivity contribution in [1.29, 1.82) is 16.2 Å². The number of piperidine rings is 1. The number of benzene rings is 8. The van der Waals surface area contributed by atoms with Crippen LogP contribution in [0, 0.1) is 16.2 Å². The molecule has 0 radical (unpaired) electrons. The Morgan fingerprint density at radius 3 is 0.971 bits per heavy atom. The molecule has 3 aliphatic rings. The van der Waals surface area contributed by atoms with Crippen molar-refractivity contribution in [1.82, 2.24) is 34.6 Å². The average Bonchev–Trinajstić information content (AvgIpc) is 0.945. The highest BCUT2D eigenvalue weighted by molar-refractivity contribution is 6.33. The van der Waals surface area contributed by atoms with E-state index in [1.807, 2.05) is 24.1 Å². The fourth-order valence-corrected chi connectivity index (χ4v) is 15.8. The van der Waals surface area contributed by atoms with E-state index >= 15 is 0 Å². The molecule has 136 heavy (non-hydrogen) atoms. The van der Waals surface area contributed by atoms with E-state index in [-0.39, 0.29) is 65.5 Å². The number of nitrogens with one attached hydrogen (secondary N) is 7. The first-order valence-electron chi connectivity index (χ1n) is 42.5. The number of ether oxygens (including phenoxy) is 5. The minimum Gasteiger partial charge on any atom is -0.496 e. The number of aromatic nitrogens is 4. The number of hydrogen-bond donors (Lipinski definition) is 7. The molecule has 0 saturated carbocycles. The van der Waals surface area contributed by atoms with Gasteiger partial charge in [-0.15, -0.1) is 0 Å². The highest BCUT2D eigenvalue weighted by Gasteiger charge is 2.29. The zero-order chi connectivity index (χ0) is 97.2. The van der Waals surface area contributed by atoms with Gasteiger partial charge in [-0.25, -0.2) is 19.9 Å². The van der Waals surface area contributed by atoms with E-state index in [1.165, 1.54) is 77.8 Å². The van der Waals surface area contributed by atoms with Crippen LogP contribution in [-0.4, -0.2) is 193 Å². The predicted molar refractivity (Wildman–Crippen MR) is 532 cm³/mol. The van der Waals surface area contributed by atoms with Crippen molar-refractivity contribution in [2.75, 3.05) is 109 Å². The van der Waals surface area contributed by atoms with Gasteiger partial charge in [-0.2, -0.15) is 0 Å². The van der Waals surface area contributed by atoms with E-state index in [0.29, 0.717) is 181 Å². The number of anilines is 4. The molecule has 35 heteroatoms. The number of morpholine rings is 1. The number of pyridine rings is 4. The topological polar surface area (TPSA) is 376 Å². The van der Waals surface area contributed by atoms with Crippen molar-refractivity contribution in [2.45, 2.75) is 51.9 Å². The normalized spacial score (nSPS) is 12.5. The monoisotopic (exact) mass is 1970 g/mol. The van der Waals surface area contributed by atoms with Crippen LogP contribution in [0.5, 0.6) is 23.0 Å². The SMILES string of the molecule is COc1cc(Cl)cc(C(=O)Nc2ccc(Cl)cn2)c1CC(=O)c1ccc(C(=N)N2CCCCC2)cc1.COc1cc(Cl)cc(C(=O)Nc2ccc(Cl)cn2)c1CC(=O)c1ccc(C(=N)N2CCOCC2)cc1.COc1cc(Cl)cc(C(=O)Nc2ccc(Cl)cn2)c1CC(=O)c1ccc(C2=NCCN2C)cc1.COc1cccc(C(=O)Nc2ccc(Cl)cn2)c1CC(=O)c1ccc(C(C)=N)cc1. The van der Waals surface area contributed by atoms with Crippen molar-refractivity contribution < 1.29 is 62.0 Å². The summed E-state index contributed by atoms with van der Waals surface area (Å²) in [6.45, 7) is 7.59. The van der Waals surface area contributed by atoms with Gasteiger partial charge < -0.3 is 65.1 Å². The summed E-state index contributed by atoms with van der Waals surface area (Å²) in [5, 5.41) is 38.1. The van der Waals surface area contributed by atoms with Gasteiger partial charge in [-0.3, -0.25) is 54.2 Å². The highest BCUT2D eigenvalue weighted by Crippen LogP contribution is 2.35. The number of nitrogens with zero attached hydrogens (tertiary/aromatic N) is 8. The van der Waals surface area contributed by atoms with Gasteiger partial charge in [0, 0.05) is 194 Å². The molecule has 7 N–H and O–H groups in total. The summed E-state index contributed by atoms with van der Waals surface area (Å²) in [4.78, 5) is 131. The van der Waals surface area contributed by atoms with Crippen LogP contribution in [0.4, 0.5) is 23.3 Å². The largest absolute Gasteiger partial charge is 0.496 e. The fraction of sp³-hybridized carbons (Fsp3) is 0.208. The average molecular weight is 1970 g/mol. The Hall–Kier alpha value is -13.8. The van der Waals surface area contributed by atoms with Gasteiger partial charge >= 0.3 is 0 Å². The van der Waals surface area contributed by atoms with E-state index in [0.717, 1.165) is 61.5 Å². The molecule has 8 aromatic carbocycles. The molecular formula is C101H92Cl7N15O13. The van der Waals surface area contributed by atoms with Crippen LogP contribution in [-0.2, 0) is 30.4 Å². The number of amides is 4. The summed E-state index contributed by atoms with van der Waals surface area (Å²) in [6, 6.07) is 55.1. The summed E-state index contributed by atoms with van der Waals surface area (Å²) in [5.74, 6) is 2.00. The van der Waals surface area contributed by atoms with Crippen molar-refractivity contribution in [3.8, 4) is 23.0 Å². The van der Waals surface area contributed by atoms with Gasteiger partial charge in [0.2, 0.25) is 0 Å². The predicted octanol–water partition coefficient (Wildman–Crippen LogP) is 20.2. The Labute approximate surface area is 819 Å². The molecule has 7 heterocycles. The second-order valence-corrected chi connectivity index (χ2v) is 34.0. The number of halogens is 7. The number of amidine groups is 3. The molecule has 4 aromatic heterocycles. The summed E-state index contributed by atoms with van der Waals surface area (Å²) in [7, 11) is 7.87. The molecule has 2 saturated heterocycles. The molecule has 4 amide bonds. The third-order valence-electron chi connectivity index (χ3n) is 21.9. The Bertz CT molecular complexity index is 6250. The van der Waals surface area contributed by atoms with Gasteiger partial charge in [-0.05, 0) is 129 Å². The Morgan fingerprint density at radius 2 is 0.662 bits per heavy atom. The maximum Gasteiger partial charge on any atom is 0.257 e. The van der Waals surface area contributed by atoms with Crippen molar-refractivity contribution in [3.63, 3.8) is 0 Å². The fourth-order valence-electron chi connectivity index (χ4n) is 14.7. The Morgan fingerprint density at radius 1 is 0.353 bits per heavy atom. The molecule has 0 aliphatic carbocycles. The number of methoxy groups -OCH3 is 4. The van der Waals surface area contributed by atoms with E-state index in [9.17, 15) is 38.4 Å². The number of carbonyl (C=O) groups is 8. The molecule has 2 fully saturated rings. The lowest BCUT2D eigenvalue weighted by atomic mass is 9.96. The van der Waals surface area contributed by atoms with E-state index < -0.39 is 23.6 Å². The molecule has 28 nitrogen and oxygen atoms in total. The van der Waals surface area contributed by atoms with Gasteiger partial charge in [0.1, 0.15) is 63.8 Å². The van der Waals surface area contributed by atoms with E-state index in [1.54, 1.807) is 177 Å². The summed E-state index contributed by atoms with van der Waals surface area (Å²) in [6.07, 6.45) is 8.88. The van der Waals surface area contributed by atoms with Crippen LogP contribution in [0.25, 0.3) is 0 Å².